The molecule has 2 amide bonds. The van der Waals surface area contributed by atoms with Crippen LogP contribution in [0.4, 0.5) is 22.4 Å². The van der Waals surface area contributed by atoms with Gasteiger partial charge < -0.3 is 15.7 Å². The Morgan fingerprint density at radius 1 is 1.09 bits per heavy atom. The molecule has 1 heterocycles. The topological polar surface area (TPSA) is 74.2 Å². The van der Waals surface area contributed by atoms with E-state index in [1.54, 1.807) is 37.3 Å². The van der Waals surface area contributed by atoms with Gasteiger partial charge >= 0.3 is 12.2 Å². The summed E-state index contributed by atoms with van der Waals surface area (Å²) in [6.07, 6.45) is -3.17. The number of carbonyl (C=O) groups is 1. The summed E-state index contributed by atoms with van der Waals surface area (Å²) < 4.78 is 55.4. The molecule has 2 aromatic carbocycles. The Kier molecular flexibility index (Phi) is 8.34. The maximum Gasteiger partial charge on any atom is 0.416 e. The molecule has 5 nitrogen and oxygen atoms in total. The van der Waals surface area contributed by atoms with E-state index < -0.39 is 35.2 Å². The predicted octanol–water partition coefficient (Wildman–Crippen LogP) is 5.45. The molecule has 0 radical (unpaired) electrons. The number of rotatable bonds is 8. The minimum atomic E-state index is -4.82. The van der Waals surface area contributed by atoms with Gasteiger partial charge in [-0.05, 0) is 47.9 Å². The first-order valence-corrected chi connectivity index (χ1v) is 11.2. The molecule has 0 unspecified atom stereocenters. The van der Waals surface area contributed by atoms with Crippen molar-refractivity contribution in [3.05, 3.63) is 100 Å². The molecule has 3 rings (SSSR count). The Labute approximate surface area is 205 Å². The van der Waals surface area contributed by atoms with E-state index in [-0.39, 0.29) is 29.3 Å². The Balaban J connectivity index is 2.26. The van der Waals surface area contributed by atoms with Crippen molar-refractivity contribution in [1.82, 2.24) is 15.6 Å². The van der Waals surface area contributed by atoms with Crippen molar-refractivity contribution in [2.24, 2.45) is 0 Å². The lowest BCUT2D eigenvalue weighted by molar-refractivity contribution is -0.137. The molecular weight excluding hydrogens is 486 g/mol. The molecule has 35 heavy (non-hydrogen) atoms. The van der Waals surface area contributed by atoms with Gasteiger partial charge in [0.05, 0.1) is 28.9 Å². The molecule has 0 saturated heterocycles. The first kappa shape index (κ1) is 26.4. The molecular formula is C25H24ClF4N3O2. The van der Waals surface area contributed by atoms with Crippen LogP contribution in [0.1, 0.15) is 35.7 Å². The standard InChI is InChI=1S/C25H24ClF4N3O2/c1-2-21(15-34)32-23(35)33-24(13-16-6-4-3-5-7-16,22-9-8-19(26)14-31-22)17-10-18(25(28,29)30)12-20(27)11-17/h3-12,14,21,34H,2,13,15H2,1H3,(H2,32,33,35)/t21-,24-/m1/s1. The van der Waals surface area contributed by atoms with Crippen molar-refractivity contribution in [2.75, 3.05) is 6.61 Å². The molecule has 0 fully saturated rings. The van der Waals surface area contributed by atoms with Gasteiger partial charge in [-0.15, -0.1) is 0 Å². The number of urea groups is 1. The molecule has 0 saturated carbocycles. The van der Waals surface area contributed by atoms with Crippen molar-refractivity contribution in [3.63, 3.8) is 0 Å². The summed E-state index contributed by atoms with van der Waals surface area (Å²) in [5.41, 5.74) is -2.28. The second kappa shape index (κ2) is 11.0. The summed E-state index contributed by atoms with van der Waals surface area (Å²) in [6.45, 7) is 1.41. The average molecular weight is 510 g/mol. The third-order valence-corrected chi connectivity index (χ3v) is 5.79. The van der Waals surface area contributed by atoms with Crippen LogP contribution in [0.3, 0.4) is 0 Å². The molecule has 0 aliphatic carbocycles. The van der Waals surface area contributed by atoms with Crippen molar-refractivity contribution in [2.45, 2.75) is 37.5 Å². The molecule has 0 aliphatic heterocycles. The fraction of sp³-hybridized carbons (Fsp3) is 0.280. The van der Waals surface area contributed by atoms with Crippen molar-refractivity contribution >= 4 is 17.6 Å². The molecule has 0 aliphatic rings. The van der Waals surface area contributed by atoms with Crippen LogP contribution in [0.25, 0.3) is 0 Å². The molecule has 0 bridgehead atoms. The number of aliphatic hydroxyl groups excluding tert-OH is 1. The van der Waals surface area contributed by atoms with Gasteiger partial charge in [0, 0.05) is 12.6 Å². The Morgan fingerprint density at radius 3 is 2.34 bits per heavy atom. The first-order chi connectivity index (χ1) is 16.6. The van der Waals surface area contributed by atoms with Gasteiger partial charge in [-0.3, -0.25) is 4.98 Å². The molecule has 0 spiro atoms. The first-order valence-electron chi connectivity index (χ1n) is 10.8. The number of pyridine rings is 1. The van der Waals surface area contributed by atoms with Crippen LogP contribution < -0.4 is 10.6 Å². The van der Waals surface area contributed by atoms with Gasteiger partial charge in [0.15, 0.2) is 0 Å². The fourth-order valence-corrected chi connectivity index (χ4v) is 3.85. The highest BCUT2D eigenvalue weighted by Gasteiger charge is 2.41. The van der Waals surface area contributed by atoms with E-state index >= 15 is 0 Å². The number of hydrogen-bond acceptors (Lipinski definition) is 3. The molecule has 2 atom stereocenters. The lowest BCUT2D eigenvalue weighted by Gasteiger charge is -2.36. The van der Waals surface area contributed by atoms with Crippen LogP contribution in [0.15, 0.2) is 66.9 Å². The zero-order valence-corrected chi connectivity index (χ0v) is 19.5. The largest absolute Gasteiger partial charge is 0.416 e. The zero-order valence-electron chi connectivity index (χ0n) is 18.7. The number of alkyl halides is 3. The van der Waals surface area contributed by atoms with Gasteiger partial charge in [-0.25, -0.2) is 9.18 Å². The van der Waals surface area contributed by atoms with Crippen molar-refractivity contribution in [1.29, 1.82) is 0 Å². The third-order valence-electron chi connectivity index (χ3n) is 5.57. The SMILES string of the molecule is CC[C@H](CO)NC(=O)N[C@](Cc1ccccc1)(c1cc(F)cc(C(F)(F)F)c1)c1ccc(Cl)cn1. The van der Waals surface area contributed by atoms with E-state index in [1.165, 1.54) is 18.3 Å². The summed E-state index contributed by atoms with van der Waals surface area (Å²) in [5.74, 6) is -1.12. The van der Waals surface area contributed by atoms with Gasteiger partial charge in [0.2, 0.25) is 0 Å². The molecule has 10 heteroatoms. The highest BCUT2D eigenvalue weighted by molar-refractivity contribution is 6.30. The number of hydrogen-bond donors (Lipinski definition) is 3. The van der Waals surface area contributed by atoms with Gasteiger partial charge in [-0.2, -0.15) is 13.2 Å². The minimum absolute atomic E-state index is 0.0490. The Hall–Kier alpha value is -3.17. The number of halogens is 5. The fourth-order valence-electron chi connectivity index (χ4n) is 3.74. The summed E-state index contributed by atoms with van der Waals surface area (Å²) in [5, 5.41) is 15.1. The van der Waals surface area contributed by atoms with Gasteiger partial charge in [0.1, 0.15) is 11.4 Å². The number of amides is 2. The number of nitrogens with one attached hydrogen (secondary N) is 2. The van der Waals surface area contributed by atoms with Crippen molar-refractivity contribution < 1.29 is 27.5 Å². The van der Waals surface area contributed by atoms with Crippen LogP contribution in [-0.2, 0) is 18.1 Å². The van der Waals surface area contributed by atoms with Gasteiger partial charge in [-0.1, -0.05) is 48.9 Å². The molecule has 186 valence electrons. The highest BCUT2D eigenvalue weighted by atomic mass is 35.5. The second-order valence-electron chi connectivity index (χ2n) is 8.04. The highest BCUT2D eigenvalue weighted by Crippen LogP contribution is 2.37. The Morgan fingerprint density at radius 2 is 1.77 bits per heavy atom. The van der Waals surface area contributed by atoms with E-state index in [1.807, 2.05) is 0 Å². The molecule has 3 N–H and O–H groups in total. The average Bonchev–Trinajstić information content (AvgIpc) is 2.82. The number of aliphatic hydroxyl groups is 1. The third kappa shape index (κ3) is 6.49. The summed E-state index contributed by atoms with van der Waals surface area (Å²) in [6, 6.07) is 12.4. The maximum atomic E-state index is 14.6. The number of benzene rings is 2. The van der Waals surface area contributed by atoms with E-state index in [9.17, 15) is 27.5 Å². The summed E-state index contributed by atoms with van der Waals surface area (Å²) >= 11 is 5.99. The van der Waals surface area contributed by atoms with Crippen LogP contribution in [0.5, 0.6) is 0 Å². The van der Waals surface area contributed by atoms with Crippen molar-refractivity contribution in [3.8, 4) is 0 Å². The normalized spacial score (nSPS) is 14.1. The smallest absolute Gasteiger partial charge is 0.394 e. The number of carbonyl (C=O) groups excluding carboxylic acids is 1. The maximum absolute atomic E-state index is 14.6. The van der Waals surface area contributed by atoms with Crippen LogP contribution in [-0.4, -0.2) is 28.8 Å². The van der Waals surface area contributed by atoms with E-state index in [0.717, 1.165) is 12.1 Å². The van der Waals surface area contributed by atoms with Crippen LogP contribution >= 0.6 is 11.6 Å². The minimum Gasteiger partial charge on any atom is -0.394 e. The number of aromatic nitrogens is 1. The van der Waals surface area contributed by atoms with Crippen LogP contribution in [0.2, 0.25) is 5.02 Å². The number of nitrogens with zero attached hydrogens (tertiary/aromatic N) is 1. The lowest BCUT2D eigenvalue weighted by Crippen LogP contribution is -2.54. The second-order valence-corrected chi connectivity index (χ2v) is 8.48. The zero-order chi connectivity index (χ0) is 25.6. The predicted molar refractivity (Wildman–Crippen MR) is 124 cm³/mol. The monoisotopic (exact) mass is 509 g/mol. The quantitative estimate of drug-likeness (QED) is 0.354. The summed E-state index contributed by atoms with van der Waals surface area (Å²) in [4.78, 5) is 17.3. The van der Waals surface area contributed by atoms with Gasteiger partial charge in [0.25, 0.3) is 0 Å². The van der Waals surface area contributed by atoms with E-state index in [4.69, 9.17) is 11.6 Å². The summed E-state index contributed by atoms with van der Waals surface area (Å²) in [7, 11) is 0. The Bertz CT molecular complexity index is 1140. The molecule has 3 aromatic rings. The van der Waals surface area contributed by atoms with E-state index in [0.29, 0.717) is 18.1 Å². The molecule has 1 aromatic heterocycles. The van der Waals surface area contributed by atoms with Crippen LogP contribution in [0, 0.1) is 5.82 Å². The lowest BCUT2D eigenvalue weighted by atomic mass is 9.79. The van der Waals surface area contributed by atoms with E-state index in [2.05, 4.69) is 15.6 Å².